The maximum Gasteiger partial charge on any atom is 0.306 e. The fourth-order valence-electron chi connectivity index (χ4n) is 2.47. The highest BCUT2D eigenvalue weighted by Gasteiger charge is 2.47. The lowest BCUT2D eigenvalue weighted by Crippen LogP contribution is -2.22. The van der Waals surface area contributed by atoms with Crippen LogP contribution in [0.25, 0.3) is 0 Å². The molecule has 5 nitrogen and oxygen atoms in total. The van der Waals surface area contributed by atoms with Crippen molar-refractivity contribution in [2.24, 2.45) is 11.1 Å². The number of methoxy groups -OCH3 is 1. The molecule has 0 amide bonds. The molecular weight excluding hydrogens is 290 g/mol. The van der Waals surface area contributed by atoms with Crippen molar-refractivity contribution in [3.05, 3.63) is 35.4 Å². The molecule has 0 saturated heterocycles. The van der Waals surface area contributed by atoms with Crippen LogP contribution in [0.3, 0.4) is 0 Å². The van der Waals surface area contributed by atoms with Crippen LogP contribution in [-0.4, -0.2) is 27.2 Å². The number of carbonyl (C=O) groups is 1. The van der Waals surface area contributed by atoms with Crippen molar-refractivity contribution in [1.82, 2.24) is 0 Å². The van der Waals surface area contributed by atoms with E-state index in [2.05, 4.69) is 4.74 Å². The van der Waals surface area contributed by atoms with E-state index in [9.17, 15) is 13.2 Å². The van der Waals surface area contributed by atoms with Crippen molar-refractivity contribution in [2.45, 2.75) is 31.6 Å². The summed E-state index contributed by atoms with van der Waals surface area (Å²) in [5.74, 6) is -0.288. The van der Waals surface area contributed by atoms with Gasteiger partial charge in [-0.3, -0.25) is 4.79 Å². The van der Waals surface area contributed by atoms with Crippen LogP contribution in [-0.2, 0) is 31.7 Å². The van der Waals surface area contributed by atoms with Gasteiger partial charge < -0.3 is 10.5 Å². The van der Waals surface area contributed by atoms with E-state index in [0.717, 1.165) is 24.0 Å². The molecule has 6 heteroatoms. The number of nitrogens with two attached hydrogens (primary N) is 1. The fraction of sp³-hybridized carbons (Fsp3) is 0.533. The van der Waals surface area contributed by atoms with Crippen LogP contribution in [0.15, 0.2) is 24.3 Å². The molecule has 0 radical (unpaired) electrons. The van der Waals surface area contributed by atoms with Gasteiger partial charge in [-0.2, -0.15) is 0 Å². The van der Waals surface area contributed by atoms with Crippen LogP contribution in [0.4, 0.5) is 0 Å². The van der Waals surface area contributed by atoms with Crippen molar-refractivity contribution in [3.63, 3.8) is 0 Å². The van der Waals surface area contributed by atoms with Gasteiger partial charge in [0, 0.05) is 6.54 Å². The van der Waals surface area contributed by atoms with E-state index >= 15 is 0 Å². The zero-order valence-electron chi connectivity index (χ0n) is 12.2. The first-order valence-corrected chi connectivity index (χ1v) is 8.75. The average molecular weight is 311 g/mol. The molecule has 116 valence electrons. The summed E-state index contributed by atoms with van der Waals surface area (Å²) in [5.41, 5.74) is 6.84. The third kappa shape index (κ3) is 4.54. The summed E-state index contributed by atoms with van der Waals surface area (Å²) in [6.07, 6.45) is 1.73. The number of carbonyl (C=O) groups excluding carboxylic acids is 1. The van der Waals surface area contributed by atoms with E-state index in [4.69, 9.17) is 5.73 Å². The van der Waals surface area contributed by atoms with Gasteiger partial charge in [0.1, 0.15) is 0 Å². The van der Waals surface area contributed by atoms with Gasteiger partial charge in [0.2, 0.25) is 0 Å². The summed E-state index contributed by atoms with van der Waals surface area (Å²) in [5, 5.41) is 0. The summed E-state index contributed by atoms with van der Waals surface area (Å²) >= 11 is 0. The zero-order chi connectivity index (χ0) is 15.5. The van der Waals surface area contributed by atoms with E-state index in [1.165, 1.54) is 7.11 Å². The maximum atomic E-state index is 12.3. The van der Waals surface area contributed by atoms with Gasteiger partial charge in [-0.25, -0.2) is 8.42 Å². The third-order valence-electron chi connectivity index (χ3n) is 3.88. The van der Waals surface area contributed by atoms with Crippen molar-refractivity contribution in [3.8, 4) is 0 Å². The molecule has 1 aliphatic rings. The Morgan fingerprint density at radius 2 is 1.81 bits per heavy atom. The fourth-order valence-corrected chi connectivity index (χ4v) is 4.60. The quantitative estimate of drug-likeness (QED) is 0.769. The lowest BCUT2D eigenvalue weighted by Gasteiger charge is -2.14. The van der Waals surface area contributed by atoms with E-state index in [1.54, 1.807) is 12.1 Å². The number of rotatable bonds is 7. The number of esters is 1. The van der Waals surface area contributed by atoms with E-state index in [1.807, 2.05) is 12.1 Å². The van der Waals surface area contributed by atoms with Gasteiger partial charge in [-0.05, 0) is 29.4 Å². The Hall–Kier alpha value is -1.40. The molecule has 1 saturated carbocycles. The first-order chi connectivity index (χ1) is 9.88. The van der Waals surface area contributed by atoms with E-state index in [-0.39, 0.29) is 23.9 Å². The van der Waals surface area contributed by atoms with Crippen molar-refractivity contribution >= 4 is 15.8 Å². The van der Waals surface area contributed by atoms with Gasteiger partial charge in [0.25, 0.3) is 0 Å². The monoisotopic (exact) mass is 311 g/mol. The third-order valence-corrected chi connectivity index (χ3v) is 5.70. The Morgan fingerprint density at radius 1 is 1.24 bits per heavy atom. The SMILES string of the molecule is COC(=O)CC1(CS(=O)(=O)Cc2ccc(CN)cc2)CC1. The standard InChI is InChI=1S/C15H21NO4S/c1-20-14(17)8-15(6-7-15)11-21(18,19)10-13-4-2-12(9-16)3-5-13/h2-5H,6-11,16H2,1H3. The van der Waals surface area contributed by atoms with Crippen LogP contribution in [0.1, 0.15) is 30.4 Å². The molecule has 1 aliphatic carbocycles. The Kier molecular flexibility index (Phi) is 4.68. The minimum atomic E-state index is -3.24. The lowest BCUT2D eigenvalue weighted by atomic mass is 10.1. The Morgan fingerprint density at radius 3 is 2.29 bits per heavy atom. The van der Waals surface area contributed by atoms with E-state index < -0.39 is 15.3 Å². The highest BCUT2D eigenvalue weighted by Crippen LogP contribution is 2.50. The second kappa shape index (κ2) is 6.15. The van der Waals surface area contributed by atoms with Crippen molar-refractivity contribution in [2.75, 3.05) is 12.9 Å². The first-order valence-electron chi connectivity index (χ1n) is 6.93. The second-order valence-corrected chi connectivity index (χ2v) is 7.87. The topological polar surface area (TPSA) is 86.5 Å². The number of hydrogen-bond acceptors (Lipinski definition) is 5. The molecule has 0 aliphatic heterocycles. The van der Waals surface area contributed by atoms with Crippen LogP contribution in [0, 0.1) is 5.41 Å². The molecule has 21 heavy (non-hydrogen) atoms. The van der Waals surface area contributed by atoms with Gasteiger partial charge in [0.05, 0.1) is 25.0 Å². The molecule has 2 N–H and O–H groups in total. The molecule has 0 spiro atoms. The summed E-state index contributed by atoms with van der Waals surface area (Å²) in [6, 6.07) is 7.26. The molecule has 0 aromatic heterocycles. The summed E-state index contributed by atoms with van der Waals surface area (Å²) < 4.78 is 29.2. The zero-order valence-corrected chi connectivity index (χ0v) is 13.0. The van der Waals surface area contributed by atoms with Gasteiger partial charge in [0.15, 0.2) is 9.84 Å². The van der Waals surface area contributed by atoms with Crippen LogP contribution < -0.4 is 5.73 Å². The first kappa shape index (κ1) is 16.0. The largest absolute Gasteiger partial charge is 0.469 e. The minimum Gasteiger partial charge on any atom is -0.469 e. The molecule has 1 aromatic rings. The second-order valence-electron chi connectivity index (χ2n) is 5.81. The van der Waals surface area contributed by atoms with Gasteiger partial charge >= 0.3 is 5.97 Å². The lowest BCUT2D eigenvalue weighted by molar-refractivity contribution is -0.141. The summed E-state index contributed by atoms with van der Waals surface area (Å²) in [6.45, 7) is 0.440. The highest BCUT2D eigenvalue weighted by molar-refractivity contribution is 7.90. The van der Waals surface area contributed by atoms with Crippen molar-refractivity contribution < 1.29 is 17.9 Å². The summed E-state index contributed by atoms with van der Waals surface area (Å²) in [4.78, 5) is 11.4. The predicted molar refractivity (Wildman–Crippen MR) is 80.1 cm³/mol. The number of sulfone groups is 1. The number of ether oxygens (including phenoxy) is 1. The van der Waals surface area contributed by atoms with Gasteiger partial charge in [-0.1, -0.05) is 24.3 Å². The Labute approximate surface area is 125 Å². The smallest absolute Gasteiger partial charge is 0.306 e. The summed E-state index contributed by atoms with van der Waals surface area (Å²) in [7, 11) is -1.92. The van der Waals surface area contributed by atoms with Crippen molar-refractivity contribution in [1.29, 1.82) is 0 Å². The van der Waals surface area contributed by atoms with Crippen LogP contribution >= 0.6 is 0 Å². The van der Waals surface area contributed by atoms with E-state index in [0.29, 0.717) is 6.54 Å². The maximum absolute atomic E-state index is 12.3. The average Bonchev–Trinajstić information content (AvgIpc) is 3.17. The Balaban J connectivity index is 2.00. The molecule has 2 rings (SSSR count). The number of hydrogen-bond donors (Lipinski definition) is 1. The normalized spacial score (nSPS) is 16.5. The van der Waals surface area contributed by atoms with Crippen LogP contribution in [0.5, 0.6) is 0 Å². The molecule has 0 atom stereocenters. The molecule has 1 fully saturated rings. The molecule has 0 unspecified atom stereocenters. The van der Waals surface area contributed by atoms with Gasteiger partial charge in [-0.15, -0.1) is 0 Å². The molecule has 0 bridgehead atoms. The number of benzene rings is 1. The minimum absolute atomic E-state index is 0.000768. The Bertz CT molecular complexity index is 603. The molecule has 0 heterocycles. The predicted octanol–water partition coefficient (Wildman–Crippen LogP) is 1.40. The van der Waals surface area contributed by atoms with Crippen LogP contribution in [0.2, 0.25) is 0 Å². The molecular formula is C15H21NO4S. The highest BCUT2D eigenvalue weighted by atomic mass is 32.2. The molecule has 1 aromatic carbocycles.